The molecule has 5 nitrogen and oxygen atoms in total. The molecule has 31 heavy (non-hydrogen) atoms. The summed E-state index contributed by atoms with van der Waals surface area (Å²) in [5, 5.41) is 9.77. The van der Waals surface area contributed by atoms with Crippen molar-refractivity contribution in [3.63, 3.8) is 0 Å². The Bertz CT molecular complexity index is 1220. The normalized spacial score (nSPS) is 12.2. The molecule has 0 aliphatic carbocycles. The van der Waals surface area contributed by atoms with Gasteiger partial charge in [0, 0.05) is 23.3 Å². The van der Waals surface area contributed by atoms with E-state index in [0.29, 0.717) is 29.8 Å². The van der Waals surface area contributed by atoms with Crippen LogP contribution in [-0.4, -0.2) is 14.9 Å². The number of aromatic nitrogens is 3. The zero-order valence-corrected chi connectivity index (χ0v) is 17.5. The van der Waals surface area contributed by atoms with Crippen LogP contribution in [0.3, 0.4) is 0 Å². The highest BCUT2D eigenvalue weighted by molar-refractivity contribution is 5.84. The van der Waals surface area contributed by atoms with Gasteiger partial charge in [0.05, 0.1) is 22.6 Å². The third-order valence-corrected chi connectivity index (χ3v) is 5.39. The van der Waals surface area contributed by atoms with E-state index in [-0.39, 0.29) is 5.92 Å². The number of nitrogen functional groups attached to an aromatic ring is 1. The van der Waals surface area contributed by atoms with Crippen LogP contribution in [0.15, 0.2) is 47.1 Å². The highest BCUT2D eigenvalue weighted by Crippen LogP contribution is 2.30. The van der Waals surface area contributed by atoms with Gasteiger partial charge in [-0.2, -0.15) is 18.3 Å². The molecule has 8 heteroatoms. The molecule has 4 aromatic rings. The number of aryl methyl sites for hydroxylation is 3. The lowest BCUT2D eigenvalue weighted by Gasteiger charge is -2.07. The van der Waals surface area contributed by atoms with Gasteiger partial charge in [0.1, 0.15) is 0 Å². The van der Waals surface area contributed by atoms with Crippen molar-refractivity contribution in [1.82, 2.24) is 14.9 Å². The van der Waals surface area contributed by atoms with E-state index in [1.807, 2.05) is 33.0 Å². The maximum atomic E-state index is 12.8. The summed E-state index contributed by atoms with van der Waals surface area (Å²) in [5.74, 6) is 0.168. The van der Waals surface area contributed by atoms with Gasteiger partial charge in [0.25, 0.3) is 0 Å². The highest BCUT2D eigenvalue weighted by Gasteiger charge is 2.30. The predicted molar refractivity (Wildman–Crippen MR) is 113 cm³/mol. The molecule has 0 saturated carbocycles. The molecule has 0 radical (unpaired) electrons. The smallest absolute Gasteiger partial charge is 0.398 e. The second-order valence-electron chi connectivity index (χ2n) is 8.02. The lowest BCUT2D eigenvalue weighted by atomic mass is 10.0. The summed E-state index contributed by atoms with van der Waals surface area (Å²) in [6.07, 6.45) is -1.16. The SMILES string of the molecule is Cc1cc2c(CCc3cn(-c4ccc(C(F)(F)F)cc4)nc3C(C)C)noc2cc1N. The van der Waals surface area contributed by atoms with Gasteiger partial charge in [-0.1, -0.05) is 19.0 Å². The van der Waals surface area contributed by atoms with E-state index in [1.54, 1.807) is 10.7 Å². The topological polar surface area (TPSA) is 69.9 Å². The van der Waals surface area contributed by atoms with Crippen molar-refractivity contribution >= 4 is 16.7 Å². The molecule has 0 spiro atoms. The lowest BCUT2D eigenvalue weighted by molar-refractivity contribution is -0.137. The number of alkyl halides is 3. The Morgan fingerprint density at radius 3 is 2.45 bits per heavy atom. The van der Waals surface area contributed by atoms with Gasteiger partial charge < -0.3 is 10.3 Å². The van der Waals surface area contributed by atoms with Crippen molar-refractivity contribution in [3.05, 3.63) is 70.7 Å². The Balaban J connectivity index is 1.60. The van der Waals surface area contributed by atoms with Crippen LogP contribution in [-0.2, 0) is 19.0 Å². The molecule has 162 valence electrons. The van der Waals surface area contributed by atoms with Crippen molar-refractivity contribution in [2.75, 3.05) is 5.73 Å². The number of hydrogen-bond donors (Lipinski definition) is 1. The molecule has 0 amide bonds. The summed E-state index contributed by atoms with van der Waals surface area (Å²) in [6, 6.07) is 8.77. The van der Waals surface area contributed by atoms with Crippen molar-refractivity contribution in [2.24, 2.45) is 0 Å². The standard InChI is InChI=1S/C23H23F3N4O/c1-13(2)22-15(4-9-20-18-10-14(3)19(27)11-21(18)31-29-20)12-30(28-22)17-7-5-16(6-8-17)23(24,25)26/h5-8,10-13H,4,9,27H2,1-3H3. The number of anilines is 1. The number of nitrogens with zero attached hydrogens (tertiary/aromatic N) is 3. The van der Waals surface area contributed by atoms with Crippen molar-refractivity contribution in [3.8, 4) is 5.69 Å². The fraction of sp³-hybridized carbons (Fsp3) is 0.304. The zero-order valence-electron chi connectivity index (χ0n) is 17.5. The summed E-state index contributed by atoms with van der Waals surface area (Å²) in [4.78, 5) is 0. The third kappa shape index (κ3) is 4.15. The van der Waals surface area contributed by atoms with Crippen LogP contribution < -0.4 is 5.73 Å². The predicted octanol–water partition coefficient (Wildman–Crippen LogP) is 5.83. The Morgan fingerprint density at radius 2 is 1.81 bits per heavy atom. The monoisotopic (exact) mass is 428 g/mol. The molecule has 2 heterocycles. The van der Waals surface area contributed by atoms with E-state index in [2.05, 4.69) is 10.3 Å². The zero-order chi connectivity index (χ0) is 22.3. The number of halogens is 3. The molecule has 0 fully saturated rings. The fourth-order valence-electron chi connectivity index (χ4n) is 3.63. The minimum atomic E-state index is -4.36. The number of rotatable bonds is 5. The molecular weight excluding hydrogens is 405 g/mol. The van der Waals surface area contributed by atoms with Crippen LogP contribution >= 0.6 is 0 Å². The molecule has 4 rings (SSSR count). The minimum Gasteiger partial charge on any atom is -0.398 e. The van der Waals surface area contributed by atoms with E-state index < -0.39 is 11.7 Å². The van der Waals surface area contributed by atoms with Gasteiger partial charge in [0.2, 0.25) is 0 Å². The van der Waals surface area contributed by atoms with Crippen LogP contribution in [0.5, 0.6) is 0 Å². The first-order valence-corrected chi connectivity index (χ1v) is 10.0. The molecule has 2 aromatic heterocycles. The average Bonchev–Trinajstić information content (AvgIpc) is 3.30. The maximum absolute atomic E-state index is 12.8. The molecule has 0 aliphatic heterocycles. The molecule has 0 bridgehead atoms. The summed E-state index contributed by atoms with van der Waals surface area (Å²) in [5.41, 5.74) is 10.9. The van der Waals surface area contributed by atoms with Crippen LogP contribution in [0.1, 0.15) is 47.8 Å². The van der Waals surface area contributed by atoms with Gasteiger partial charge in [-0.25, -0.2) is 4.68 Å². The first kappa shape index (κ1) is 21.0. The molecule has 0 saturated heterocycles. The number of benzene rings is 2. The summed E-state index contributed by atoms with van der Waals surface area (Å²) in [6.45, 7) is 6.03. The molecule has 0 aliphatic rings. The fourth-order valence-corrected chi connectivity index (χ4v) is 3.63. The minimum absolute atomic E-state index is 0.168. The Labute approximate surface area is 177 Å². The van der Waals surface area contributed by atoms with Crippen LogP contribution in [0.2, 0.25) is 0 Å². The highest BCUT2D eigenvalue weighted by atomic mass is 19.4. The van der Waals surface area contributed by atoms with Crippen molar-refractivity contribution in [2.45, 2.75) is 45.7 Å². The third-order valence-electron chi connectivity index (χ3n) is 5.39. The van der Waals surface area contributed by atoms with E-state index in [4.69, 9.17) is 10.3 Å². The van der Waals surface area contributed by atoms with E-state index in [1.165, 1.54) is 12.1 Å². The largest absolute Gasteiger partial charge is 0.416 e. The van der Waals surface area contributed by atoms with E-state index in [0.717, 1.165) is 40.0 Å². The van der Waals surface area contributed by atoms with Gasteiger partial charge in [-0.05, 0) is 67.1 Å². The quantitative estimate of drug-likeness (QED) is 0.406. The van der Waals surface area contributed by atoms with Crippen LogP contribution in [0, 0.1) is 6.92 Å². The Morgan fingerprint density at radius 1 is 1.10 bits per heavy atom. The van der Waals surface area contributed by atoms with Crippen molar-refractivity contribution in [1.29, 1.82) is 0 Å². The van der Waals surface area contributed by atoms with Gasteiger partial charge >= 0.3 is 6.18 Å². The van der Waals surface area contributed by atoms with Crippen LogP contribution in [0.25, 0.3) is 16.7 Å². The Kier molecular flexibility index (Phi) is 5.24. The van der Waals surface area contributed by atoms with E-state index >= 15 is 0 Å². The first-order valence-electron chi connectivity index (χ1n) is 10.0. The number of hydrogen-bond acceptors (Lipinski definition) is 4. The molecule has 2 aromatic carbocycles. The maximum Gasteiger partial charge on any atom is 0.416 e. The van der Waals surface area contributed by atoms with Gasteiger partial charge in [-0.3, -0.25) is 0 Å². The summed E-state index contributed by atoms with van der Waals surface area (Å²) >= 11 is 0. The molecule has 0 atom stereocenters. The first-order chi connectivity index (χ1) is 14.6. The summed E-state index contributed by atoms with van der Waals surface area (Å²) in [7, 11) is 0. The lowest BCUT2D eigenvalue weighted by Crippen LogP contribution is -2.05. The average molecular weight is 428 g/mol. The Hall–Kier alpha value is -3.29. The second kappa shape index (κ2) is 7.76. The van der Waals surface area contributed by atoms with Crippen LogP contribution in [0.4, 0.5) is 18.9 Å². The number of fused-ring (bicyclic) bond motifs is 1. The molecule has 0 unspecified atom stereocenters. The van der Waals surface area contributed by atoms with Gasteiger partial charge in [0.15, 0.2) is 5.58 Å². The van der Waals surface area contributed by atoms with E-state index in [9.17, 15) is 13.2 Å². The van der Waals surface area contributed by atoms with Crippen molar-refractivity contribution < 1.29 is 17.7 Å². The summed E-state index contributed by atoms with van der Waals surface area (Å²) < 4.78 is 45.6. The molecular formula is C23H23F3N4O. The second-order valence-corrected chi connectivity index (χ2v) is 8.02. The molecule has 2 N–H and O–H groups in total. The number of nitrogens with two attached hydrogens (primary N) is 1. The van der Waals surface area contributed by atoms with Gasteiger partial charge in [-0.15, -0.1) is 0 Å².